The van der Waals surface area contributed by atoms with Crippen LogP contribution in [-0.2, 0) is 6.18 Å². The van der Waals surface area contributed by atoms with E-state index in [2.05, 4.69) is 31.4 Å². The molecule has 2 aromatic rings. The van der Waals surface area contributed by atoms with E-state index in [4.69, 9.17) is 0 Å². The maximum Gasteiger partial charge on any atom is 0.416 e. The van der Waals surface area contributed by atoms with Crippen LogP contribution in [0.1, 0.15) is 11.1 Å². The van der Waals surface area contributed by atoms with Gasteiger partial charge in [-0.25, -0.2) is 0 Å². The highest BCUT2D eigenvalue weighted by Crippen LogP contribution is 2.34. The van der Waals surface area contributed by atoms with E-state index in [0.717, 1.165) is 6.07 Å². The van der Waals surface area contributed by atoms with Crippen LogP contribution in [0, 0.1) is 6.92 Å². The molecule has 1 heterocycles. The number of hydrogen-bond acceptors (Lipinski definition) is 4. The Morgan fingerprint density at radius 3 is 2.56 bits per heavy atom. The Bertz CT molecular complexity index is 568. The largest absolute Gasteiger partial charge is 0.416 e. The Kier molecular flexibility index (Phi) is 3.58. The van der Waals surface area contributed by atoms with E-state index in [1.165, 1.54) is 24.3 Å². The Hall–Kier alpha value is -1.15. The standard InChI is InChI=1S/C10H7BrF3N3S/c1-5-2-3-6(4-7(5)10(12,13)14)15-9-17-16-8(11)18-9/h2-4H,1H3,(H,15,17). The second-order valence-electron chi connectivity index (χ2n) is 3.51. The van der Waals surface area contributed by atoms with Gasteiger partial charge in [0.2, 0.25) is 5.13 Å². The summed E-state index contributed by atoms with van der Waals surface area (Å²) in [4.78, 5) is 0. The van der Waals surface area contributed by atoms with Crippen LogP contribution in [0.4, 0.5) is 24.0 Å². The molecule has 96 valence electrons. The fourth-order valence-corrected chi connectivity index (χ4v) is 2.42. The highest BCUT2D eigenvalue weighted by Gasteiger charge is 2.32. The molecule has 0 amide bonds. The van der Waals surface area contributed by atoms with Crippen molar-refractivity contribution >= 4 is 38.1 Å². The predicted molar refractivity (Wildman–Crippen MR) is 67.1 cm³/mol. The smallest absolute Gasteiger partial charge is 0.330 e. The fourth-order valence-electron chi connectivity index (χ4n) is 1.38. The van der Waals surface area contributed by atoms with Gasteiger partial charge in [-0.2, -0.15) is 13.2 Å². The third kappa shape index (κ3) is 2.99. The van der Waals surface area contributed by atoms with Gasteiger partial charge < -0.3 is 5.32 Å². The van der Waals surface area contributed by atoms with Gasteiger partial charge in [0.15, 0.2) is 3.92 Å². The predicted octanol–water partition coefficient (Wildman–Crippen LogP) is 4.37. The first kappa shape index (κ1) is 13.3. The Morgan fingerprint density at radius 1 is 1.28 bits per heavy atom. The summed E-state index contributed by atoms with van der Waals surface area (Å²) in [5.74, 6) is 0. The zero-order valence-corrected chi connectivity index (χ0v) is 11.4. The zero-order chi connectivity index (χ0) is 13.3. The molecule has 0 saturated carbocycles. The molecule has 0 saturated heterocycles. The number of anilines is 2. The van der Waals surface area contributed by atoms with E-state index in [1.54, 1.807) is 6.07 Å². The first-order valence-electron chi connectivity index (χ1n) is 4.80. The summed E-state index contributed by atoms with van der Waals surface area (Å²) in [5.41, 5.74) is -0.140. The average Bonchev–Trinajstić information content (AvgIpc) is 2.65. The van der Waals surface area contributed by atoms with Crippen molar-refractivity contribution < 1.29 is 13.2 Å². The SMILES string of the molecule is Cc1ccc(Nc2nnc(Br)s2)cc1C(F)(F)F. The Labute approximate surface area is 113 Å². The summed E-state index contributed by atoms with van der Waals surface area (Å²) in [5, 5.41) is 10.7. The summed E-state index contributed by atoms with van der Waals surface area (Å²) < 4.78 is 38.7. The number of nitrogens with zero attached hydrogens (tertiary/aromatic N) is 2. The highest BCUT2D eigenvalue weighted by atomic mass is 79.9. The molecule has 1 N–H and O–H groups in total. The molecule has 0 aliphatic carbocycles. The zero-order valence-electron chi connectivity index (χ0n) is 9.05. The van der Waals surface area contributed by atoms with Crippen LogP contribution in [0.2, 0.25) is 0 Å². The van der Waals surface area contributed by atoms with Gasteiger partial charge in [0.1, 0.15) is 0 Å². The molecule has 1 aromatic carbocycles. The third-order valence-electron chi connectivity index (χ3n) is 2.19. The van der Waals surface area contributed by atoms with Crippen molar-refractivity contribution in [2.75, 3.05) is 5.32 Å². The van der Waals surface area contributed by atoms with Gasteiger partial charge in [-0.1, -0.05) is 17.4 Å². The molecule has 0 aliphatic rings. The number of alkyl halides is 3. The summed E-state index contributed by atoms with van der Waals surface area (Å²) in [6.07, 6.45) is -4.36. The van der Waals surface area contributed by atoms with Crippen molar-refractivity contribution in [2.24, 2.45) is 0 Å². The third-order valence-corrected chi connectivity index (χ3v) is 3.47. The molecule has 0 bridgehead atoms. The number of rotatable bonds is 2. The van der Waals surface area contributed by atoms with E-state index in [0.29, 0.717) is 14.7 Å². The van der Waals surface area contributed by atoms with Crippen molar-refractivity contribution in [1.82, 2.24) is 10.2 Å². The maximum atomic E-state index is 12.7. The summed E-state index contributed by atoms with van der Waals surface area (Å²) >= 11 is 4.33. The number of nitrogens with one attached hydrogen (secondary N) is 1. The van der Waals surface area contributed by atoms with Gasteiger partial charge in [-0.15, -0.1) is 10.2 Å². The monoisotopic (exact) mass is 337 g/mol. The van der Waals surface area contributed by atoms with Gasteiger partial charge in [0.25, 0.3) is 0 Å². The lowest BCUT2D eigenvalue weighted by molar-refractivity contribution is -0.138. The minimum atomic E-state index is -4.36. The average molecular weight is 338 g/mol. The molecule has 0 unspecified atom stereocenters. The number of benzene rings is 1. The Morgan fingerprint density at radius 2 is 2.00 bits per heavy atom. The van der Waals surface area contributed by atoms with Crippen LogP contribution in [0.15, 0.2) is 22.1 Å². The van der Waals surface area contributed by atoms with Crippen LogP contribution in [-0.4, -0.2) is 10.2 Å². The lowest BCUT2D eigenvalue weighted by Gasteiger charge is -2.12. The summed E-state index contributed by atoms with van der Waals surface area (Å²) in [7, 11) is 0. The van der Waals surface area contributed by atoms with Crippen LogP contribution in [0.5, 0.6) is 0 Å². The van der Waals surface area contributed by atoms with Crippen LogP contribution >= 0.6 is 27.3 Å². The van der Waals surface area contributed by atoms with E-state index in [9.17, 15) is 13.2 Å². The van der Waals surface area contributed by atoms with Crippen LogP contribution in [0.25, 0.3) is 0 Å². The van der Waals surface area contributed by atoms with Gasteiger partial charge in [-0.3, -0.25) is 0 Å². The van der Waals surface area contributed by atoms with E-state index in [1.807, 2.05) is 0 Å². The minimum Gasteiger partial charge on any atom is -0.330 e. The molecule has 18 heavy (non-hydrogen) atoms. The molecule has 8 heteroatoms. The minimum absolute atomic E-state index is 0.187. The highest BCUT2D eigenvalue weighted by molar-refractivity contribution is 9.11. The van der Waals surface area contributed by atoms with E-state index >= 15 is 0 Å². The van der Waals surface area contributed by atoms with Gasteiger partial charge in [-0.05, 0) is 40.5 Å². The quantitative estimate of drug-likeness (QED) is 0.884. The van der Waals surface area contributed by atoms with Gasteiger partial charge >= 0.3 is 6.18 Å². The van der Waals surface area contributed by atoms with Crippen molar-refractivity contribution in [3.05, 3.63) is 33.2 Å². The van der Waals surface area contributed by atoms with Crippen molar-refractivity contribution in [2.45, 2.75) is 13.1 Å². The Balaban J connectivity index is 2.30. The van der Waals surface area contributed by atoms with Crippen molar-refractivity contribution in [3.63, 3.8) is 0 Å². The van der Waals surface area contributed by atoms with E-state index < -0.39 is 11.7 Å². The fraction of sp³-hybridized carbons (Fsp3) is 0.200. The van der Waals surface area contributed by atoms with E-state index in [-0.39, 0.29) is 5.56 Å². The van der Waals surface area contributed by atoms with Crippen LogP contribution in [0.3, 0.4) is 0 Å². The molecule has 1 aromatic heterocycles. The number of hydrogen-bond donors (Lipinski definition) is 1. The van der Waals surface area contributed by atoms with Crippen LogP contribution < -0.4 is 5.32 Å². The summed E-state index contributed by atoms with van der Waals surface area (Å²) in [6.45, 7) is 1.42. The van der Waals surface area contributed by atoms with Crippen molar-refractivity contribution in [3.8, 4) is 0 Å². The van der Waals surface area contributed by atoms with Gasteiger partial charge in [0, 0.05) is 5.69 Å². The topological polar surface area (TPSA) is 37.8 Å². The number of aryl methyl sites for hydroxylation is 1. The van der Waals surface area contributed by atoms with Gasteiger partial charge in [0.05, 0.1) is 5.56 Å². The normalized spacial score (nSPS) is 11.6. The second-order valence-corrected chi connectivity index (χ2v) is 5.77. The first-order chi connectivity index (χ1) is 8.36. The summed E-state index contributed by atoms with van der Waals surface area (Å²) in [6, 6.07) is 4.05. The molecule has 3 nitrogen and oxygen atoms in total. The molecule has 0 aliphatic heterocycles. The lowest BCUT2D eigenvalue weighted by atomic mass is 10.1. The number of halogens is 4. The first-order valence-corrected chi connectivity index (χ1v) is 6.41. The maximum absolute atomic E-state index is 12.7. The molecular formula is C10H7BrF3N3S. The lowest BCUT2D eigenvalue weighted by Crippen LogP contribution is -2.08. The molecule has 0 fully saturated rings. The molecular weight excluding hydrogens is 331 g/mol. The molecule has 2 rings (SSSR count). The molecule has 0 atom stereocenters. The van der Waals surface area contributed by atoms with Crippen molar-refractivity contribution in [1.29, 1.82) is 0 Å². The second kappa shape index (κ2) is 4.85. The number of aromatic nitrogens is 2. The molecule has 0 spiro atoms. The molecule has 0 radical (unpaired) electrons.